The lowest BCUT2D eigenvalue weighted by atomic mass is 10.1. The summed E-state index contributed by atoms with van der Waals surface area (Å²) in [5.41, 5.74) is 11.9. The molecule has 0 aliphatic carbocycles. The number of nitrogen functional groups attached to an aromatic ring is 1. The predicted octanol–water partition coefficient (Wildman–Crippen LogP) is 3.80. The van der Waals surface area contributed by atoms with Gasteiger partial charge in [0, 0.05) is 5.56 Å². The predicted molar refractivity (Wildman–Crippen MR) is 87.1 cm³/mol. The van der Waals surface area contributed by atoms with Crippen LogP contribution >= 0.6 is 0 Å². The Bertz CT molecular complexity index is 757. The lowest BCUT2D eigenvalue weighted by Gasteiger charge is -2.06. The van der Waals surface area contributed by atoms with Crippen LogP contribution < -0.4 is 5.73 Å². The van der Waals surface area contributed by atoms with Gasteiger partial charge in [-0.25, -0.2) is 4.68 Å². The second-order valence-corrected chi connectivity index (χ2v) is 5.36. The molecule has 0 aliphatic heterocycles. The zero-order chi connectivity index (χ0) is 14.8. The summed E-state index contributed by atoms with van der Waals surface area (Å²) in [4.78, 5) is 0. The zero-order valence-electron chi connectivity index (χ0n) is 12.4. The highest BCUT2D eigenvalue weighted by atomic mass is 15.3. The molecule has 3 rings (SSSR count). The molecule has 0 bridgehead atoms. The van der Waals surface area contributed by atoms with Gasteiger partial charge in [0.05, 0.1) is 12.2 Å². The standard InChI is InChI=1S/C18H19N3/c1-13-7-6-8-15(11-13)12-21-18(19)17(14(2)20-21)16-9-4-3-5-10-16/h3-11H,12,19H2,1-2H3. The van der Waals surface area contributed by atoms with Crippen LogP contribution in [0.1, 0.15) is 16.8 Å². The van der Waals surface area contributed by atoms with Crippen LogP contribution in [0.4, 0.5) is 5.82 Å². The van der Waals surface area contributed by atoms with Crippen LogP contribution in [0, 0.1) is 13.8 Å². The molecule has 0 unspecified atom stereocenters. The highest BCUT2D eigenvalue weighted by Crippen LogP contribution is 2.29. The summed E-state index contributed by atoms with van der Waals surface area (Å²) in [6, 6.07) is 18.6. The summed E-state index contributed by atoms with van der Waals surface area (Å²) in [5, 5.41) is 4.60. The summed E-state index contributed by atoms with van der Waals surface area (Å²) in [6.07, 6.45) is 0. The van der Waals surface area contributed by atoms with Gasteiger partial charge in [-0.1, -0.05) is 60.2 Å². The summed E-state index contributed by atoms with van der Waals surface area (Å²) >= 11 is 0. The molecule has 21 heavy (non-hydrogen) atoms. The molecule has 3 nitrogen and oxygen atoms in total. The Morgan fingerprint density at radius 1 is 1.00 bits per heavy atom. The molecule has 2 aromatic carbocycles. The molecule has 106 valence electrons. The maximum Gasteiger partial charge on any atom is 0.130 e. The maximum absolute atomic E-state index is 6.32. The molecule has 1 aromatic heterocycles. The van der Waals surface area contributed by atoms with Crippen LogP contribution in [0.5, 0.6) is 0 Å². The Morgan fingerprint density at radius 2 is 1.76 bits per heavy atom. The highest BCUT2D eigenvalue weighted by molar-refractivity contribution is 5.76. The molecule has 3 aromatic rings. The van der Waals surface area contributed by atoms with Crippen LogP contribution in [0.3, 0.4) is 0 Å². The second-order valence-electron chi connectivity index (χ2n) is 5.36. The van der Waals surface area contributed by atoms with Crippen LogP contribution in [0.25, 0.3) is 11.1 Å². The third-order valence-corrected chi connectivity index (χ3v) is 3.64. The zero-order valence-corrected chi connectivity index (χ0v) is 12.4. The summed E-state index contributed by atoms with van der Waals surface area (Å²) in [7, 11) is 0. The number of benzene rings is 2. The number of hydrogen-bond acceptors (Lipinski definition) is 2. The van der Waals surface area contributed by atoms with Crippen molar-refractivity contribution in [3.63, 3.8) is 0 Å². The Morgan fingerprint density at radius 3 is 2.48 bits per heavy atom. The number of nitrogens with two attached hydrogens (primary N) is 1. The van der Waals surface area contributed by atoms with Gasteiger partial charge in [0.25, 0.3) is 0 Å². The molecule has 0 atom stereocenters. The molecule has 3 heteroatoms. The SMILES string of the molecule is Cc1cccc(Cn2nc(C)c(-c3ccccc3)c2N)c1. The molecule has 0 fully saturated rings. The van der Waals surface area contributed by atoms with E-state index in [9.17, 15) is 0 Å². The molecular formula is C18H19N3. The van der Waals surface area contributed by atoms with Gasteiger partial charge in [-0.3, -0.25) is 0 Å². The van der Waals surface area contributed by atoms with E-state index in [1.807, 2.05) is 29.8 Å². The smallest absolute Gasteiger partial charge is 0.130 e. The maximum atomic E-state index is 6.32. The monoisotopic (exact) mass is 277 g/mol. The average Bonchev–Trinajstić information content (AvgIpc) is 2.74. The summed E-state index contributed by atoms with van der Waals surface area (Å²) in [6.45, 7) is 4.79. The first kappa shape index (κ1) is 13.4. The number of aryl methyl sites for hydroxylation is 2. The van der Waals surface area contributed by atoms with E-state index in [0.29, 0.717) is 6.54 Å². The summed E-state index contributed by atoms with van der Waals surface area (Å²) < 4.78 is 1.88. The van der Waals surface area contributed by atoms with Crippen LogP contribution in [0.15, 0.2) is 54.6 Å². The van der Waals surface area contributed by atoms with Crippen LogP contribution in [-0.4, -0.2) is 9.78 Å². The van der Waals surface area contributed by atoms with Crippen molar-refractivity contribution >= 4 is 5.82 Å². The molecule has 1 heterocycles. The van der Waals surface area contributed by atoms with Crippen molar-refractivity contribution in [1.82, 2.24) is 9.78 Å². The summed E-state index contributed by atoms with van der Waals surface area (Å²) in [5.74, 6) is 0.722. The Balaban J connectivity index is 1.99. The van der Waals surface area contributed by atoms with E-state index in [2.05, 4.69) is 48.4 Å². The number of rotatable bonds is 3. The number of anilines is 1. The molecule has 0 saturated carbocycles. The van der Waals surface area contributed by atoms with E-state index in [0.717, 1.165) is 22.6 Å². The molecule has 0 radical (unpaired) electrons. The number of nitrogens with zero attached hydrogens (tertiary/aromatic N) is 2. The van der Waals surface area contributed by atoms with Crippen LogP contribution in [-0.2, 0) is 6.54 Å². The van der Waals surface area contributed by atoms with E-state index in [1.54, 1.807) is 0 Å². The van der Waals surface area contributed by atoms with Gasteiger partial charge < -0.3 is 5.73 Å². The largest absolute Gasteiger partial charge is 0.383 e. The topological polar surface area (TPSA) is 43.8 Å². The molecule has 0 saturated heterocycles. The van der Waals surface area contributed by atoms with E-state index in [4.69, 9.17) is 5.73 Å². The first-order valence-electron chi connectivity index (χ1n) is 7.09. The van der Waals surface area contributed by atoms with Crippen molar-refractivity contribution in [3.05, 3.63) is 71.4 Å². The van der Waals surface area contributed by atoms with Gasteiger partial charge in [0.2, 0.25) is 0 Å². The Kier molecular flexibility index (Phi) is 3.48. The first-order chi connectivity index (χ1) is 10.1. The van der Waals surface area contributed by atoms with Gasteiger partial charge in [-0.2, -0.15) is 5.10 Å². The van der Waals surface area contributed by atoms with Crippen LogP contribution in [0.2, 0.25) is 0 Å². The van der Waals surface area contributed by atoms with E-state index < -0.39 is 0 Å². The number of hydrogen-bond donors (Lipinski definition) is 1. The fourth-order valence-corrected chi connectivity index (χ4v) is 2.66. The molecule has 0 amide bonds. The van der Waals surface area contributed by atoms with Gasteiger partial charge >= 0.3 is 0 Å². The quantitative estimate of drug-likeness (QED) is 0.791. The fourth-order valence-electron chi connectivity index (χ4n) is 2.66. The third kappa shape index (κ3) is 2.68. The fraction of sp³-hybridized carbons (Fsp3) is 0.167. The first-order valence-corrected chi connectivity index (χ1v) is 7.09. The van der Waals surface area contributed by atoms with E-state index >= 15 is 0 Å². The van der Waals surface area contributed by atoms with Crippen molar-refractivity contribution in [3.8, 4) is 11.1 Å². The van der Waals surface area contributed by atoms with Crippen molar-refractivity contribution in [1.29, 1.82) is 0 Å². The lowest BCUT2D eigenvalue weighted by molar-refractivity contribution is 0.689. The van der Waals surface area contributed by atoms with Crippen molar-refractivity contribution in [2.75, 3.05) is 5.73 Å². The average molecular weight is 277 g/mol. The lowest BCUT2D eigenvalue weighted by Crippen LogP contribution is -2.06. The normalized spacial score (nSPS) is 10.8. The van der Waals surface area contributed by atoms with Gasteiger partial charge in [0.1, 0.15) is 5.82 Å². The van der Waals surface area contributed by atoms with E-state index in [1.165, 1.54) is 11.1 Å². The van der Waals surface area contributed by atoms with Crippen molar-refractivity contribution < 1.29 is 0 Å². The molecule has 0 aliphatic rings. The Labute approximate surface area is 125 Å². The minimum Gasteiger partial charge on any atom is -0.383 e. The number of aromatic nitrogens is 2. The third-order valence-electron chi connectivity index (χ3n) is 3.64. The second kappa shape index (κ2) is 5.44. The van der Waals surface area contributed by atoms with Gasteiger partial charge in [0.15, 0.2) is 0 Å². The highest BCUT2D eigenvalue weighted by Gasteiger charge is 2.14. The van der Waals surface area contributed by atoms with Gasteiger partial charge in [-0.05, 0) is 25.0 Å². The van der Waals surface area contributed by atoms with Gasteiger partial charge in [-0.15, -0.1) is 0 Å². The molecule has 0 spiro atoms. The van der Waals surface area contributed by atoms with Crippen molar-refractivity contribution in [2.24, 2.45) is 0 Å². The Hall–Kier alpha value is -2.55. The minimum atomic E-state index is 0.696. The van der Waals surface area contributed by atoms with E-state index in [-0.39, 0.29) is 0 Å². The van der Waals surface area contributed by atoms with Crippen molar-refractivity contribution in [2.45, 2.75) is 20.4 Å². The molecule has 2 N–H and O–H groups in total. The minimum absolute atomic E-state index is 0.696. The molecular weight excluding hydrogens is 258 g/mol.